The van der Waals surface area contributed by atoms with Gasteiger partial charge >= 0.3 is 0 Å². The zero-order valence-electron chi connectivity index (χ0n) is 9.23. The molecule has 1 unspecified atom stereocenters. The number of nitrogens with one attached hydrogen (secondary N) is 2. The number of hydrogen-bond donors (Lipinski definition) is 3. The van der Waals surface area contributed by atoms with Gasteiger partial charge in [-0.2, -0.15) is 0 Å². The van der Waals surface area contributed by atoms with E-state index in [4.69, 9.17) is 4.74 Å². The standard InChI is InChI=1S/C12H16N2O2/c1-13-7-9(15)8-16-12-4-2-3-11-10(12)5-6-14-11/h2-6,9,13-15H,7-8H2,1H3. The largest absolute Gasteiger partial charge is 0.490 e. The molecule has 2 aromatic rings. The molecule has 3 N–H and O–H groups in total. The van der Waals surface area contributed by atoms with Crippen molar-refractivity contribution in [2.75, 3.05) is 20.2 Å². The number of H-pyrrole nitrogens is 1. The summed E-state index contributed by atoms with van der Waals surface area (Å²) in [5.41, 5.74) is 1.04. The van der Waals surface area contributed by atoms with Gasteiger partial charge in [0.15, 0.2) is 0 Å². The Balaban J connectivity index is 2.06. The topological polar surface area (TPSA) is 57.3 Å². The molecule has 0 saturated heterocycles. The maximum absolute atomic E-state index is 9.54. The van der Waals surface area contributed by atoms with E-state index in [9.17, 15) is 5.11 Å². The summed E-state index contributed by atoms with van der Waals surface area (Å²) in [7, 11) is 1.80. The summed E-state index contributed by atoms with van der Waals surface area (Å²) in [4.78, 5) is 3.12. The summed E-state index contributed by atoms with van der Waals surface area (Å²) in [5, 5.41) is 13.5. The number of fused-ring (bicyclic) bond motifs is 1. The third-order valence-corrected chi connectivity index (χ3v) is 2.43. The fourth-order valence-electron chi connectivity index (χ4n) is 1.66. The van der Waals surface area contributed by atoms with Gasteiger partial charge in [0.05, 0.1) is 0 Å². The van der Waals surface area contributed by atoms with Crippen molar-refractivity contribution in [2.45, 2.75) is 6.10 Å². The molecule has 1 atom stereocenters. The maximum Gasteiger partial charge on any atom is 0.128 e. The Morgan fingerprint density at radius 1 is 1.44 bits per heavy atom. The van der Waals surface area contributed by atoms with E-state index in [2.05, 4.69) is 10.3 Å². The van der Waals surface area contributed by atoms with Crippen LogP contribution in [0.1, 0.15) is 0 Å². The van der Waals surface area contributed by atoms with E-state index < -0.39 is 6.10 Å². The highest BCUT2D eigenvalue weighted by atomic mass is 16.5. The quantitative estimate of drug-likeness (QED) is 0.708. The molecule has 1 aromatic heterocycles. The molecule has 1 aromatic carbocycles. The number of rotatable bonds is 5. The molecule has 0 aliphatic rings. The first-order valence-electron chi connectivity index (χ1n) is 5.33. The number of benzene rings is 1. The van der Waals surface area contributed by atoms with Crippen LogP contribution in [0.15, 0.2) is 30.5 Å². The molecule has 0 radical (unpaired) electrons. The van der Waals surface area contributed by atoms with Gasteiger partial charge in [0, 0.05) is 23.6 Å². The predicted molar refractivity (Wildman–Crippen MR) is 63.7 cm³/mol. The zero-order valence-corrected chi connectivity index (χ0v) is 9.23. The van der Waals surface area contributed by atoms with Gasteiger partial charge in [0.25, 0.3) is 0 Å². The number of aliphatic hydroxyl groups excluding tert-OH is 1. The lowest BCUT2D eigenvalue weighted by molar-refractivity contribution is 0.109. The number of aliphatic hydroxyl groups is 1. The van der Waals surface area contributed by atoms with Crippen LogP contribution in [0, 0.1) is 0 Å². The van der Waals surface area contributed by atoms with Crippen LogP contribution in [0.25, 0.3) is 10.9 Å². The van der Waals surface area contributed by atoms with Crippen molar-refractivity contribution in [3.8, 4) is 5.75 Å². The second-order valence-electron chi connectivity index (χ2n) is 3.72. The molecule has 0 spiro atoms. The molecule has 2 rings (SSSR count). The molecule has 0 bridgehead atoms. The van der Waals surface area contributed by atoms with Crippen molar-refractivity contribution in [1.29, 1.82) is 0 Å². The first kappa shape index (κ1) is 11.0. The van der Waals surface area contributed by atoms with Crippen LogP contribution >= 0.6 is 0 Å². The van der Waals surface area contributed by atoms with Crippen molar-refractivity contribution in [3.05, 3.63) is 30.5 Å². The number of hydrogen-bond acceptors (Lipinski definition) is 3. The highest BCUT2D eigenvalue weighted by molar-refractivity contribution is 5.85. The SMILES string of the molecule is CNCC(O)COc1cccc2[nH]ccc12. The molecule has 86 valence electrons. The molecular formula is C12H16N2O2. The smallest absolute Gasteiger partial charge is 0.128 e. The average molecular weight is 220 g/mol. The molecule has 0 saturated carbocycles. The summed E-state index contributed by atoms with van der Waals surface area (Å²) in [6.07, 6.45) is 1.39. The molecule has 0 aliphatic carbocycles. The van der Waals surface area contributed by atoms with Crippen molar-refractivity contribution in [2.24, 2.45) is 0 Å². The Hall–Kier alpha value is -1.52. The van der Waals surface area contributed by atoms with Gasteiger partial charge in [-0.15, -0.1) is 0 Å². The second-order valence-corrected chi connectivity index (χ2v) is 3.72. The van der Waals surface area contributed by atoms with Gasteiger partial charge < -0.3 is 20.1 Å². The van der Waals surface area contributed by atoms with E-state index in [1.165, 1.54) is 0 Å². The molecule has 0 amide bonds. The molecule has 4 heteroatoms. The number of ether oxygens (including phenoxy) is 1. The third kappa shape index (κ3) is 2.35. The monoisotopic (exact) mass is 220 g/mol. The van der Waals surface area contributed by atoms with E-state index in [0.29, 0.717) is 13.2 Å². The Labute approximate surface area is 94.2 Å². The van der Waals surface area contributed by atoms with Crippen LogP contribution in [-0.4, -0.2) is 36.4 Å². The summed E-state index contributed by atoms with van der Waals surface area (Å²) in [6.45, 7) is 0.828. The third-order valence-electron chi connectivity index (χ3n) is 2.43. The Morgan fingerprint density at radius 2 is 2.31 bits per heavy atom. The fourth-order valence-corrected chi connectivity index (χ4v) is 1.66. The maximum atomic E-state index is 9.54. The van der Waals surface area contributed by atoms with Crippen LogP contribution in [-0.2, 0) is 0 Å². The molecule has 4 nitrogen and oxygen atoms in total. The van der Waals surface area contributed by atoms with Crippen LogP contribution in [0.3, 0.4) is 0 Å². The van der Waals surface area contributed by atoms with Gasteiger partial charge in [-0.25, -0.2) is 0 Å². The van der Waals surface area contributed by atoms with E-state index in [-0.39, 0.29) is 0 Å². The highest BCUT2D eigenvalue weighted by Crippen LogP contribution is 2.24. The highest BCUT2D eigenvalue weighted by Gasteiger charge is 2.06. The summed E-state index contributed by atoms with van der Waals surface area (Å²) < 4.78 is 5.58. The van der Waals surface area contributed by atoms with Crippen LogP contribution in [0.2, 0.25) is 0 Å². The van der Waals surface area contributed by atoms with E-state index in [1.807, 2.05) is 30.5 Å². The van der Waals surface area contributed by atoms with Gasteiger partial charge in [-0.05, 0) is 25.2 Å². The zero-order chi connectivity index (χ0) is 11.4. The van der Waals surface area contributed by atoms with Crippen LogP contribution in [0.4, 0.5) is 0 Å². The molecule has 0 fully saturated rings. The lowest BCUT2D eigenvalue weighted by Gasteiger charge is -2.12. The minimum atomic E-state index is -0.487. The Bertz CT molecular complexity index is 453. The lowest BCUT2D eigenvalue weighted by Crippen LogP contribution is -2.29. The molecule has 0 aliphatic heterocycles. The van der Waals surface area contributed by atoms with Gasteiger partial charge in [0.2, 0.25) is 0 Å². The van der Waals surface area contributed by atoms with Gasteiger partial charge in [0.1, 0.15) is 18.5 Å². The van der Waals surface area contributed by atoms with Gasteiger partial charge in [-0.1, -0.05) is 6.07 Å². The van der Waals surface area contributed by atoms with E-state index in [0.717, 1.165) is 16.7 Å². The minimum absolute atomic E-state index is 0.297. The van der Waals surface area contributed by atoms with Gasteiger partial charge in [-0.3, -0.25) is 0 Å². The summed E-state index contributed by atoms with van der Waals surface area (Å²) >= 11 is 0. The molecular weight excluding hydrogens is 204 g/mol. The Morgan fingerprint density at radius 3 is 3.12 bits per heavy atom. The van der Waals surface area contributed by atoms with Crippen molar-refractivity contribution in [3.63, 3.8) is 0 Å². The van der Waals surface area contributed by atoms with Crippen LogP contribution in [0.5, 0.6) is 5.75 Å². The second kappa shape index (κ2) is 5.01. The average Bonchev–Trinajstić information content (AvgIpc) is 2.75. The fraction of sp³-hybridized carbons (Fsp3) is 0.333. The molecule has 1 heterocycles. The first-order chi connectivity index (χ1) is 7.81. The number of likely N-dealkylation sites (N-methyl/N-ethyl adjacent to an activating group) is 1. The van der Waals surface area contributed by atoms with E-state index >= 15 is 0 Å². The van der Waals surface area contributed by atoms with Crippen molar-refractivity contribution >= 4 is 10.9 Å². The normalized spacial score (nSPS) is 12.9. The van der Waals surface area contributed by atoms with E-state index in [1.54, 1.807) is 7.05 Å². The van der Waals surface area contributed by atoms with Crippen LogP contribution < -0.4 is 10.1 Å². The number of aromatic nitrogens is 1. The first-order valence-corrected chi connectivity index (χ1v) is 5.33. The van der Waals surface area contributed by atoms with Crippen molar-refractivity contribution < 1.29 is 9.84 Å². The minimum Gasteiger partial charge on any atom is -0.490 e. The summed E-state index contributed by atoms with van der Waals surface area (Å²) in [5.74, 6) is 0.800. The predicted octanol–water partition coefficient (Wildman–Crippen LogP) is 1.13. The molecule has 16 heavy (non-hydrogen) atoms. The lowest BCUT2D eigenvalue weighted by atomic mass is 10.2. The van der Waals surface area contributed by atoms with Crippen molar-refractivity contribution in [1.82, 2.24) is 10.3 Å². The summed E-state index contributed by atoms with van der Waals surface area (Å²) in [6, 6.07) is 7.79. The number of aromatic amines is 1. The Kier molecular flexibility index (Phi) is 3.44.